The van der Waals surface area contributed by atoms with Crippen molar-refractivity contribution in [1.82, 2.24) is 0 Å². The molecule has 27 heavy (non-hydrogen) atoms. The molecule has 2 aromatic carbocycles. The van der Waals surface area contributed by atoms with Gasteiger partial charge in [-0.3, -0.25) is 4.79 Å². The molecule has 0 bridgehead atoms. The number of fused-ring (bicyclic) bond motifs is 1. The third-order valence-electron chi connectivity index (χ3n) is 3.68. The SMILES string of the molecule is O=C(/C=C/c1ccc2c(c1)OCCO2)Nc1ccccc1S(=O)(=O)C(F)F. The summed E-state index contributed by atoms with van der Waals surface area (Å²) in [5.74, 6) is -3.09. The lowest BCUT2D eigenvalue weighted by molar-refractivity contribution is -0.111. The van der Waals surface area contributed by atoms with Crippen LogP contribution in [0.1, 0.15) is 5.56 Å². The van der Waals surface area contributed by atoms with Crippen molar-refractivity contribution in [3.05, 3.63) is 54.1 Å². The van der Waals surface area contributed by atoms with E-state index in [2.05, 4.69) is 5.32 Å². The number of para-hydroxylation sites is 1. The summed E-state index contributed by atoms with van der Waals surface area (Å²) in [5.41, 5.74) is 0.442. The number of halogens is 2. The zero-order valence-electron chi connectivity index (χ0n) is 13.9. The maximum atomic E-state index is 12.8. The first-order chi connectivity index (χ1) is 12.9. The number of ether oxygens (including phenoxy) is 2. The Morgan fingerprint density at radius 2 is 1.78 bits per heavy atom. The Morgan fingerprint density at radius 1 is 1.07 bits per heavy atom. The monoisotopic (exact) mass is 395 g/mol. The highest BCUT2D eigenvalue weighted by molar-refractivity contribution is 7.91. The minimum absolute atomic E-state index is 0.213. The average Bonchev–Trinajstić information content (AvgIpc) is 2.66. The summed E-state index contributed by atoms with van der Waals surface area (Å²) in [6.45, 7) is 0.890. The quantitative estimate of drug-likeness (QED) is 0.787. The van der Waals surface area contributed by atoms with E-state index in [4.69, 9.17) is 9.47 Å². The van der Waals surface area contributed by atoms with E-state index in [1.54, 1.807) is 18.2 Å². The van der Waals surface area contributed by atoms with Crippen LogP contribution in [0.4, 0.5) is 14.5 Å². The molecule has 0 aliphatic carbocycles. The number of carbonyl (C=O) groups excluding carboxylic acids is 1. The van der Waals surface area contributed by atoms with Crippen LogP contribution >= 0.6 is 0 Å². The molecule has 1 amide bonds. The molecular weight excluding hydrogens is 380 g/mol. The molecule has 9 heteroatoms. The fraction of sp³-hybridized carbons (Fsp3) is 0.167. The van der Waals surface area contributed by atoms with Gasteiger partial charge in [0.15, 0.2) is 11.5 Å². The molecule has 142 valence electrons. The summed E-state index contributed by atoms with van der Waals surface area (Å²) < 4.78 is 59.8. The lowest BCUT2D eigenvalue weighted by atomic mass is 10.2. The minimum Gasteiger partial charge on any atom is -0.486 e. The van der Waals surface area contributed by atoms with Crippen LogP contribution in [-0.4, -0.2) is 33.3 Å². The standard InChI is InChI=1S/C18H15F2NO5S/c19-18(20)27(23,24)16-4-2-1-3-13(16)21-17(22)8-6-12-5-7-14-15(11-12)26-10-9-25-14/h1-8,11,18H,9-10H2,(H,21,22)/b8-6+. The Bertz CT molecular complexity index is 989. The fourth-order valence-electron chi connectivity index (χ4n) is 2.42. The molecule has 3 rings (SSSR count). The number of amides is 1. The third-order valence-corrected chi connectivity index (χ3v) is 5.12. The highest BCUT2D eigenvalue weighted by Crippen LogP contribution is 2.31. The number of nitrogens with one attached hydrogen (secondary N) is 1. The predicted octanol–water partition coefficient (Wildman–Crippen LogP) is 3.11. The van der Waals surface area contributed by atoms with E-state index < -0.39 is 26.4 Å². The maximum absolute atomic E-state index is 12.8. The Hall–Kier alpha value is -2.94. The van der Waals surface area contributed by atoms with Crippen LogP contribution in [0.15, 0.2) is 53.4 Å². The van der Waals surface area contributed by atoms with Gasteiger partial charge in [0, 0.05) is 6.08 Å². The van der Waals surface area contributed by atoms with Gasteiger partial charge in [-0.2, -0.15) is 8.78 Å². The van der Waals surface area contributed by atoms with Crippen LogP contribution in [0.2, 0.25) is 0 Å². The molecule has 1 N–H and O–H groups in total. The Kier molecular flexibility index (Phi) is 5.41. The summed E-state index contributed by atoms with van der Waals surface area (Å²) in [5, 5.41) is 2.31. The van der Waals surface area contributed by atoms with E-state index in [0.29, 0.717) is 30.3 Å². The van der Waals surface area contributed by atoms with Gasteiger partial charge in [-0.15, -0.1) is 0 Å². The first-order valence-electron chi connectivity index (χ1n) is 7.88. The summed E-state index contributed by atoms with van der Waals surface area (Å²) in [4.78, 5) is 11.4. The zero-order chi connectivity index (χ0) is 19.4. The summed E-state index contributed by atoms with van der Waals surface area (Å²) >= 11 is 0. The highest BCUT2D eigenvalue weighted by Gasteiger charge is 2.29. The van der Waals surface area contributed by atoms with Gasteiger partial charge in [-0.05, 0) is 35.9 Å². The molecular formula is C18H15F2NO5S. The molecule has 1 heterocycles. The first-order valence-corrected chi connectivity index (χ1v) is 9.42. The summed E-state index contributed by atoms with van der Waals surface area (Å²) in [7, 11) is -4.83. The number of rotatable bonds is 5. The fourth-order valence-corrected chi connectivity index (χ4v) is 3.31. The van der Waals surface area contributed by atoms with Crippen LogP contribution < -0.4 is 14.8 Å². The minimum atomic E-state index is -4.83. The van der Waals surface area contributed by atoms with Crippen LogP contribution in [0.25, 0.3) is 6.08 Å². The van der Waals surface area contributed by atoms with Gasteiger partial charge < -0.3 is 14.8 Å². The number of benzene rings is 2. The number of hydrogen-bond donors (Lipinski definition) is 1. The largest absolute Gasteiger partial charge is 0.486 e. The molecule has 1 aliphatic rings. The van der Waals surface area contributed by atoms with E-state index in [0.717, 1.165) is 12.1 Å². The molecule has 0 fully saturated rings. The van der Waals surface area contributed by atoms with Crippen molar-refractivity contribution < 1.29 is 31.5 Å². The zero-order valence-corrected chi connectivity index (χ0v) is 14.7. The molecule has 0 atom stereocenters. The second kappa shape index (κ2) is 7.75. The Labute approximate surface area is 154 Å². The van der Waals surface area contributed by atoms with Crippen LogP contribution in [0.3, 0.4) is 0 Å². The van der Waals surface area contributed by atoms with Crippen molar-refractivity contribution in [1.29, 1.82) is 0 Å². The molecule has 0 radical (unpaired) electrons. The molecule has 0 unspecified atom stereocenters. The summed E-state index contributed by atoms with van der Waals surface area (Å²) in [6, 6.07) is 10.1. The molecule has 2 aromatic rings. The molecule has 1 aliphatic heterocycles. The van der Waals surface area contributed by atoms with Crippen molar-refractivity contribution in [2.24, 2.45) is 0 Å². The predicted molar refractivity (Wildman–Crippen MR) is 94.7 cm³/mol. The topological polar surface area (TPSA) is 81.7 Å². The average molecular weight is 395 g/mol. The molecule has 6 nitrogen and oxygen atoms in total. The number of hydrogen-bond acceptors (Lipinski definition) is 5. The molecule has 0 aromatic heterocycles. The lowest BCUT2D eigenvalue weighted by Crippen LogP contribution is -2.16. The van der Waals surface area contributed by atoms with Gasteiger partial charge in [0.1, 0.15) is 13.2 Å². The maximum Gasteiger partial charge on any atom is 0.341 e. The van der Waals surface area contributed by atoms with Gasteiger partial charge in [0.05, 0.1) is 10.6 Å². The van der Waals surface area contributed by atoms with Crippen molar-refractivity contribution in [3.63, 3.8) is 0 Å². The van der Waals surface area contributed by atoms with E-state index >= 15 is 0 Å². The van der Waals surface area contributed by atoms with Gasteiger partial charge in [-0.1, -0.05) is 18.2 Å². The van der Waals surface area contributed by atoms with E-state index in [-0.39, 0.29) is 5.69 Å². The van der Waals surface area contributed by atoms with E-state index in [9.17, 15) is 22.0 Å². The highest BCUT2D eigenvalue weighted by atomic mass is 32.2. The summed E-state index contributed by atoms with van der Waals surface area (Å²) in [6.07, 6.45) is 2.65. The van der Waals surface area contributed by atoms with Crippen molar-refractivity contribution in [2.75, 3.05) is 18.5 Å². The second-order valence-electron chi connectivity index (χ2n) is 5.53. The van der Waals surface area contributed by atoms with Gasteiger partial charge in [-0.25, -0.2) is 8.42 Å². The van der Waals surface area contributed by atoms with Crippen LogP contribution in [0.5, 0.6) is 11.5 Å². The van der Waals surface area contributed by atoms with Crippen molar-refractivity contribution >= 4 is 27.5 Å². The van der Waals surface area contributed by atoms with Gasteiger partial charge in [0.25, 0.3) is 0 Å². The number of alkyl halides is 2. The van der Waals surface area contributed by atoms with E-state index in [1.165, 1.54) is 24.3 Å². The Morgan fingerprint density at radius 3 is 2.52 bits per heavy atom. The van der Waals surface area contributed by atoms with Gasteiger partial charge in [0.2, 0.25) is 15.7 Å². The number of carbonyl (C=O) groups is 1. The molecule has 0 saturated heterocycles. The van der Waals surface area contributed by atoms with E-state index in [1.807, 2.05) is 0 Å². The first kappa shape index (κ1) is 18.8. The van der Waals surface area contributed by atoms with Crippen LogP contribution in [-0.2, 0) is 14.6 Å². The van der Waals surface area contributed by atoms with Crippen LogP contribution in [0, 0.1) is 0 Å². The van der Waals surface area contributed by atoms with Crippen molar-refractivity contribution in [3.8, 4) is 11.5 Å². The lowest BCUT2D eigenvalue weighted by Gasteiger charge is -2.18. The molecule has 0 spiro atoms. The Balaban J connectivity index is 1.76. The normalized spacial score (nSPS) is 13.7. The van der Waals surface area contributed by atoms with Crippen molar-refractivity contribution in [2.45, 2.75) is 10.7 Å². The van der Waals surface area contributed by atoms with Gasteiger partial charge >= 0.3 is 5.76 Å². The molecule has 0 saturated carbocycles. The number of sulfone groups is 1. The number of anilines is 1. The second-order valence-corrected chi connectivity index (χ2v) is 7.41. The third kappa shape index (κ3) is 4.25. The smallest absolute Gasteiger partial charge is 0.341 e.